The molecule has 0 aliphatic heterocycles. The predicted molar refractivity (Wildman–Crippen MR) is 144 cm³/mol. The molecule has 4 atom stereocenters. The third-order valence-electron chi connectivity index (χ3n) is 8.77. The first-order valence-corrected chi connectivity index (χ1v) is 15.4. The van der Waals surface area contributed by atoms with Gasteiger partial charge in [-0.2, -0.15) is 11.8 Å². The predicted octanol–water partition coefficient (Wildman–Crippen LogP) is 10.5. The SMILES string of the molecule is CC(C)(C)C1CCCCC1CCCCCSCCCCCC1CCCCC1C(C)(C)C. The molecular weight excluding hydrogens is 392 g/mol. The number of thioether (sulfide) groups is 1. The second-order valence-corrected chi connectivity index (χ2v) is 14.6. The van der Waals surface area contributed by atoms with Gasteiger partial charge in [-0.15, -0.1) is 0 Å². The summed E-state index contributed by atoms with van der Waals surface area (Å²) in [5.74, 6) is 6.79. The van der Waals surface area contributed by atoms with E-state index in [1.807, 2.05) is 0 Å². The zero-order valence-corrected chi connectivity index (χ0v) is 23.3. The van der Waals surface area contributed by atoms with E-state index in [-0.39, 0.29) is 0 Å². The van der Waals surface area contributed by atoms with Gasteiger partial charge >= 0.3 is 0 Å². The number of rotatable bonds is 12. The number of unbranched alkanes of at least 4 members (excludes halogenated alkanes) is 4. The van der Waals surface area contributed by atoms with Crippen molar-refractivity contribution in [1.82, 2.24) is 0 Å². The standard InChI is InChI=1S/C30H58S/c1-29(2,3)27-21-13-11-19-25(27)17-9-7-15-23-31-24-16-8-10-18-26-20-12-14-22-28(26)30(4,5)6/h25-28H,7-24H2,1-6H3. The molecule has 0 aromatic rings. The number of hydrogen-bond acceptors (Lipinski definition) is 1. The van der Waals surface area contributed by atoms with Gasteiger partial charge in [0.05, 0.1) is 0 Å². The molecule has 0 spiro atoms. The van der Waals surface area contributed by atoms with E-state index < -0.39 is 0 Å². The Balaban J connectivity index is 1.44. The van der Waals surface area contributed by atoms with Gasteiger partial charge in [-0.05, 0) is 71.7 Å². The van der Waals surface area contributed by atoms with Gasteiger partial charge in [0.25, 0.3) is 0 Å². The van der Waals surface area contributed by atoms with E-state index in [4.69, 9.17) is 0 Å². The van der Waals surface area contributed by atoms with Crippen molar-refractivity contribution >= 4 is 11.8 Å². The lowest BCUT2D eigenvalue weighted by Gasteiger charge is -2.40. The van der Waals surface area contributed by atoms with Crippen molar-refractivity contribution in [2.75, 3.05) is 11.5 Å². The van der Waals surface area contributed by atoms with Gasteiger partial charge in [0, 0.05) is 0 Å². The molecule has 2 aliphatic carbocycles. The summed E-state index contributed by atoms with van der Waals surface area (Å²) in [6.07, 6.45) is 23.7. The quantitative estimate of drug-likeness (QED) is 0.266. The van der Waals surface area contributed by atoms with E-state index in [1.54, 1.807) is 0 Å². The van der Waals surface area contributed by atoms with Gasteiger partial charge in [0.2, 0.25) is 0 Å². The van der Waals surface area contributed by atoms with Gasteiger partial charge < -0.3 is 0 Å². The van der Waals surface area contributed by atoms with Crippen LogP contribution in [0.2, 0.25) is 0 Å². The Hall–Kier alpha value is 0.350. The van der Waals surface area contributed by atoms with E-state index in [9.17, 15) is 0 Å². The van der Waals surface area contributed by atoms with Crippen LogP contribution in [0, 0.1) is 34.5 Å². The Morgan fingerprint density at radius 1 is 0.516 bits per heavy atom. The van der Waals surface area contributed by atoms with Crippen molar-refractivity contribution in [2.45, 2.75) is 144 Å². The first kappa shape index (κ1) is 27.6. The molecule has 0 aromatic carbocycles. The largest absolute Gasteiger partial charge is 0.162 e. The molecule has 0 amide bonds. The average molecular weight is 451 g/mol. The molecule has 0 bridgehead atoms. The van der Waals surface area contributed by atoms with Gasteiger partial charge in [0.1, 0.15) is 0 Å². The first-order chi connectivity index (χ1) is 14.7. The summed E-state index contributed by atoms with van der Waals surface area (Å²) in [6.45, 7) is 14.9. The Morgan fingerprint density at radius 3 is 1.29 bits per heavy atom. The van der Waals surface area contributed by atoms with Crippen LogP contribution in [0.15, 0.2) is 0 Å². The molecule has 0 radical (unpaired) electrons. The molecule has 31 heavy (non-hydrogen) atoms. The van der Waals surface area contributed by atoms with Gasteiger partial charge in [-0.3, -0.25) is 0 Å². The Labute approximate surface area is 201 Å². The van der Waals surface area contributed by atoms with E-state index in [0.717, 1.165) is 23.7 Å². The van der Waals surface area contributed by atoms with E-state index in [0.29, 0.717) is 10.8 Å². The highest BCUT2D eigenvalue weighted by atomic mass is 32.2. The molecule has 2 fully saturated rings. The molecule has 1 heteroatoms. The Kier molecular flexibility index (Phi) is 12.4. The van der Waals surface area contributed by atoms with Crippen LogP contribution < -0.4 is 0 Å². The van der Waals surface area contributed by atoms with Crippen LogP contribution in [-0.4, -0.2) is 11.5 Å². The summed E-state index contributed by atoms with van der Waals surface area (Å²) in [7, 11) is 0. The fourth-order valence-corrected chi connectivity index (χ4v) is 8.08. The van der Waals surface area contributed by atoms with Crippen LogP contribution in [0.1, 0.15) is 144 Å². The fraction of sp³-hybridized carbons (Fsp3) is 1.00. The van der Waals surface area contributed by atoms with E-state index in [1.165, 1.54) is 114 Å². The maximum absolute atomic E-state index is 2.48. The second kappa shape index (κ2) is 13.9. The summed E-state index contributed by atoms with van der Waals surface area (Å²) in [6, 6.07) is 0. The van der Waals surface area contributed by atoms with Crippen LogP contribution in [0.5, 0.6) is 0 Å². The van der Waals surface area contributed by atoms with Crippen molar-refractivity contribution in [3.8, 4) is 0 Å². The van der Waals surface area contributed by atoms with Gasteiger partial charge in [0.15, 0.2) is 0 Å². The summed E-state index contributed by atoms with van der Waals surface area (Å²) in [5.41, 5.74) is 1.04. The normalized spacial score (nSPS) is 28.1. The molecule has 0 N–H and O–H groups in total. The van der Waals surface area contributed by atoms with Crippen LogP contribution >= 0.6 is 11.8 Å². The Morgan fingerprint density at radius 2 is 0.903 bits per heavy atom. The van der Waals surface area contributed by atoms with Crippen molar-refractivity contribution < 1.29 is 0 Å². The average Bonchev–Trinajstić information content (AvgIpc) is 2.71. The second-order valence-electron chi connectivity index (χ2n) is 13.3. The summed E-state index contributed by atoms with van der Waals surface area (Å²) < 4.78 is 0. The lowest BCUT2D eigenvalue weighted by atomic mass is 9.65. The lowest BCUT2D eigenvalue weighted by molar-refractivity contribution is 0.0995. The number of hydrogen-bond donors (Lipinski definition) is 0. The molecule has 2 rings (SSSR count). The summed E-state index contributed by atoms with van der Waals surface area (Å²) >= 11 is 2.23. The molecule has 0 heterocycles. The van der Waals surface area contributed by atoms with Crippen LogP contribution in [0.25, 0.3) is 0 Å². The third-order valence-corrected chi connectivity index (χ3v) is 9.92. The third kappa shape index (κ3) is 10.4. The molecule has 0 nitrogen and oxygen atoms in total. The van der Waals surface area contributed by atoms with Crippen LogP contribution in [0.4, 0.5) is 0 Å². The summed E-state index contributed by atoms with van der Waals surface area (Å²) in [4.78, 5) is 0. The molecular formula is C30H58S. The van der Waals surface area contributed by atoms with Crippen LogP contribution in [0.3, 0.4) is 0 Å². The topological polar surface area (TPSA) is 0 Å². The highest BCUT2D eigenvalue weighted by molar-refractivity contribution is 7.99. The minimum atomic E-state index is 0.519. The van der Waals surface area contributed by atoms with Crippen LogP contribution in [-0.2, 0) is 0 Å². The minimum absolute atomic E-state index is 0.519. The monoisotopic (exact) mass is 450 g/mol. The summed E-state index contributed by atoms with van der Waals surface area (Å²) in [5, 5.41) is 0. The molecule has 2 aliphatic rings. The minimum Gasteiger partial charge on any atom is -0.162 e. The lowest BCUT2D eigenvalue weighted by Crippen LogP contribution is -2.31. The van der Waals surface area contributed by atoms with Crippen molar-refractivity contribution in [1.29, 1.82) is 0 Å². The molecule has 0 saturated heterocycles. The maximum Gasteiger partial charge on any atom is -0.00675 e. The molecule has 184 valence electrons. The zero-order chi connectivity index (χ0) is 22.7. The fourth-order valence-electron chi connectivity index (χ4n) is 7.06. The zero-order valence-electron chi connectivity index (χ0n) is 22.4. The van der Waals surface area contributed by atoms with Gasteiger partial charge in [-0.25, -0.2) is 0 Å². The van der Waals surface area contributed by atoms with E-state index in [2.05, 4.69) is 53.3 Å². The first-order valence-electron chi connectivity index (χ1n) is 14.3. The highest BCUT2D eigenvalue weighted by Gasteiger charge is 2.34. The molecule has 2 saturated carbocycles. The van der Waals surface area contributed by atoms with E-state index >= 15 is 0 Å². The van der Waals surface area contributed by atoms with Crippen molar-refractivity contribution in [3.05, 3.63) is 0 Å². The molecule has 0 aromatic heterocycles. The van der Waals surface area contributed by atoms with Gasteiger partial charge in [-0.1, -0.05) is 119 Å². The maximum atomic E-state index is 2.48. The highest BCUT2D eigenvalue weighted by Crippen LogP contribution is 2.45. The molecule has 4 unspecified atom stereocenters. The smallest absolute Gasteiger partial charge is 0.00675 e. The Bertz CT molecular complexity index is 412. The van der Waals surface area contributed by atoms with Crippen molar-refractivity contribution in [2.24, 2.45) is 34.5 Å². The van der Waals surface area contributed by atoms with Crippen molar-refractivity contribution in [3.63, 3.8) is 0 Å².